The monoisotopic (exact) mass is 449 g/mol. The maximum atomic E-state index is 13.6. The number of rotatable bonds is 8. The second-order valence-electron chi connectivity index (χ2n) is 9.86. The van der Waals surface area contributed by atoms with E-state index in [1.54, 1.807) is 0 Å². The average molecular weight is 450 g/mol. The first-order chi connectivity index (χ1) is 15.6. The van der Waals surface area contributed by atoms with E-state index in [2.05, 4.69) is 38.3 Å². The van der Waals surface area contributed by atoms with Crippen molar-refractivity contribution in [2.75, 3.05) is 11.9 Å². The van der Waals surface area contributed by atoms with Crippen molar-refractivity contribution < 1.29 is 14.4 Å². The molecule has 4 amide bonds. The molecule has 0 bridgehead atoms. The second kappa shape index (κ2) is 9.77. The summed E-state index contributed by atoms with van der Waals surface area (Å²) < 4.78 is 0. The molecule has 2 N–H and O–H groups in total. The molecule has 176 valence electrons. The number of imide groups is 1. The van der Waals surface area contributed by atoms with Gasteiger partial charge < -0.3 is 10.6 Å². The summed E-state index contributed by atoms with van der Waals surface area (Å²) in [5, 5.41) is 5.91. The highest BCUT2D eigenvalue weighted by molar-refractivity contribution is 6.10. The van der Waals surface area contributed by atoms with E-state index in [-0.39, 0.29) is 36.1 Å². The fraction of sp³-hybridized carbons (Fsp3) is 0.444. The molecule has 1 aliphatic rings. The highest BCUT2D eigenvalue weighted by Crippen LogP contribution is 2.36. The third-order valence-corrected chi connectivity index (χ3v) is 6.10. The minimum atomic E-state index is -1.16. The molecule has 1 heterocycles. The summed E-state index contributed by atoms with van der Waals surface area (Å²) in [6.07, 6.45) is 0.452. The SMILES string of the molecule is CC(C)CC1(c2ccccc2)NC(=O)N(CC(=O)Nc2c(C(C)C)cccc2C(C)C)C1=O. The number of nitrogens with one attached hydrogen (secondary N) is 2. The zero-order valence-corrected chi connectivity index (χ0v) is 20.4. The van der Waals surface area contributed by atoms with Crippen LogP contribution >= 0.6 is 0 Å². The highest BCUT2D eigenvalue weighted by Gasteiger charge is 2.52. The van der Waals surface area contributed by atoms with E-state index in [4.69, 9.17) is 0 Å². The maximum absolute atomic E-state index is 13.6. The van der Waals surface area contributed by atoms with Crippen molar-refractivity contribution in [3.8, 4) is 0 Å². The topological polar surface area (TPSA) is 78.5 Å². The smallest absolute Gasteiger partial charge is 0.324 e. The summed E-state index contributed by atoms with van der Waals surface area (Å²) in [4.78, 5) is 40.6. The van der Waals surface area contributed by atoms with Gasteiger partial charge in [-0.25, -0.2) is 4.79 Å². The maximum Gasteiger partial charge on any atom is 0.325 e. The molecule has 3 rings (SSSR count). The Bertz CT molecular complexity index is 1000. The van der Waals surface area contributed by atoms with E-state index >= 15 is 0 Å². The predicted octanol–water partition coefficient (Wildman–Crippen LogP) is 5.37. The van der Waals surface area contributed by atoms with E-state index < -0.39 is 11.6 Å². The number of hydrogen-bond donors (Lipinski definition) is 2. The number of amides is 4. The highest BCUT2D eigenvalue weighted by atomic mass is 16.2. The summed E-state index contributed by atoms with van der Waals surface area (Å²) in [5.41, 5.74) is 2.41. The van der Waals surface area contributed by atoms with Gasteiger partial charge in [0.25, 0.3) is 5.91 Å². The van der Waals surface area contributed by atoms with E-state index in [1.165, 1.54) is 0 Å². The molecule has 1 unspecified atom stereocenters. The van der Waals surface area contributed by atoms with E-state index in [0.717, 1.165) is 27.3 Å². The lowest BCUT2D eigenvalue weighted by Crippen LogP contribution is -2.45. The van der Waals surface area contributed by atoms with E-state index in [1.807, 2.05) is 62.4 Å². The first kappa shape index (κ1) is 24.5. The van der Waals surface area contributed by atoms with Gasteiger partial charge in [0.2, 0.25) is 5.91 Å². The average Bonchev–Trinajstić information content (AvgIpc) is 2.98. The molecule has 1 aliphatic heterocycles. The molecule has 0 aliphatic carbocycles. The quantitative estimate of drug-likeness (QED) is 0.532. The third-order valence-electron chi connectivity index (χ3n) is 6.10. The van der Waals surface area contributed by atoms with Crippen LogP contribution < -0.4 is 10.6 Å². The number of urea groups is 1. The summed E-state index contributed by atoms with van der Waals surface area (Å²) in [6.45, 7) is 12.0. The number of nitrogens with zero attached hydrogens (tertiary/aromatic N) is 1. The first-order valence-electron chi connectivity index (χ1n) is 11.7. The van der Waals surface area contributed by atoms with E-state index in [9.17, 15) is 14.4 Å². The Labute approximate surface area is 196 Å². The molecule has 6 heteroatoms. The van der Waals surface area contributed by atoms with Gasteiger partial charge in [-0.2, -0.15) is 0 Å². The second-order valence-corrected chi connectivity index (χ2v) is 9.86. The summed E-state index contributed by atoms with van der Waals surface area (Å²) in [6, 6.07) is 14.7. The number of hydrogen-bond acceptors (Lipinski definition) is 3. The van der Waals surface area contributed by atoms with Gasteiger partial charge in [0.05, 0.1) is 0 Å². The minimum Gasteiger partial charge on any atom is -0.324 e. The molecule has 1 fully saturated rings. The van der Waals surface area contributed by atoms with Crippen molar-refractivity contribution in [1.82, 2.24) is 10.2 Å². The molecule has 0 radical (unpaired) electrons. The van der Waals surface area contributed by atoms with Crippen LogP contribution in [0.15, 0.2) is 48.5 Å². The molecule has 0 saturated carbocycles. The van der Waals surface area contributed by atoms with Gasteiger partial charge in [0.1, 0.15) is 12.1 Å². The van der Waals surface area contributed by atoms with Crippen molar-refractivity contribution in [1.29, 1.82) is 0 Å². The molecule has 2 aromatic carbocycles. The van der Waals surface area contributed by atoms with Crippen molar-refractivity contribution in [2.24, 2.45) is 5.92 Å². The Balaban J connectivity index is 1.88. The lowest BCUT2D eigenvalue weighted by molar-refractivity contribution is -0.134. The van der Waals surface area contributed by atoms with Crippen molar-refractivity contribution in [3.63, 3.8) is 0 Å². The number of anilines is 1. The molecule has 1 saturated heterocycles. The van der Waals surface area contributed by atoms with Crippen LogP contribution in [0.2, 0.25) is 0 Å². The van der Waals surface area contributed by atoms with Gasteiger partial charge in [-0.15, -0.1) is 0 Å². The Morgan fingerprint density at radius 3 is 2.00 bits per heavy atom. The first-order valence-corrected chi connectivity index (χ1v) is 11.7. The summed E-state index contributed by atoms with van der Waals surface area (Å²) in [7, 11) is 0. The van der Waals surface area contributed by atoms with Gasteiger partial charge >= 0.3 is 6.03 Å². The van der Waals surface area contributed by atoms with Crippen molar-refractivity contribution in [2.45, 2.75) is 65.3 Å². The largest absolute Gasteiger partial charge is 0.325 e. The molecular formula is C27H35N3O3. The van der Waals surface area contributed by atoms with Gasteiger partial charge in [0, 0.05) is 5.69 Å². The Hall–Kier alpha value is -3.15. The van der Waals surface area contributed by atoms with Crippen molar-refractivity contribution in [3.05, 3.63) is 65.2 Å². The Morgan fingerprint density at radius 2 is 1.48 bits per heavy atom. The zero-order chi connectivity index (χ0) is 24.3. The molecule has 6 nitrogen and oxygen atoms in total. The van der Waals surface area contributed by atoms with Gasteiger partial charge in [-0.05, 0) is 40.9 Å². The van der Waals surface area contributed by atoms with Crippen LogP contribution in [0.5, 0.6) is 0 Å². The number of benzene rings is 2. The zero-order valence-electron chi connectivity index (χ0n) is 20.4. The molecular weight excluding hydrogens is 414 g/mol. The fourth-order valence-electron chi connectivity index (χ4n) is 4.57. The molecule has 1 atom stereocenters. The molecule has 33 heavy (non-hydrogen) atoms. The van der Waals surface area contributed by atoms with Crippen LogP contribution in [0.4, 0.5) is 10.5 Å². The Morgan fingerprint density at radius 1 is 0.909 bits per heavy atom. The lowest BCUT2D eigenvalue weighted by atomic mass is 9.82. The number of carbonyl (C=O) groups excluding carboxylic acids is 3. The third kappa shape index (κ3) is 4.95. The molecule has 0 aromatic heterocycles. The van der Waals surface area contributed by atoms with Crippen LogP contribution in [0, 0.1) is 5.92 Å². The van der Waals surface area contributed by atoms with Gasteiger partial charge in [-0.1, -0.05) is 90.1 Å². The predicted molar refractivity (Wildman–Crippen MR) is 131 cm³/mol. The normalized spacial score (nSPS) is 18.4. The summed E-state index contributed by atoms with van der Waals surface area (Å²) >= 11 is 0. The van der Waals surface area contributed by atoms with Gasteiger partial charge in [0.15, 0.2) is 0 Å². The Kier molecular flexibility index (Phi) is 7.25. The number of para-hydroxylation sites is 1. The molecule has 2 aromatic rings. The van der Waals surface area contributed by atoms with Gasteiger partial charge in [-0.3, -0.25) is 14.5 Å². The van der Waals surface area contributed by atoms with Crippen LogP contribution in [-0.4, -0.2) is 29.3 Å². The van der Waals surface area contributed by atoms with Crippen molar-refractivity contribution >= 4 is 23.5 Å². The van der Waals surface area contributed by atoms with Crippen LogP contribution in [0.25, 0.3) is 0 Å². The van der Waals surface area contributed by atoms with Crippen LogP contribution in [0.3, 0.4) is 0 Å². The standard InChI is InChI=1S/C27H35N3O3/c1-17(2)15-27(20-11-8-7-9-12-20)25(32)30(26(33)29-27)16-23(31)28-24-21(18(3)4)13-10-14-22(24)19(5)6/h7-14,17-19H,15-16H2,1-6H3,(H,28,31)(H,29,33). The minimum absolute atomic E-state index is 0.162. The van der Waals surface area contributed by atoms with E-state index in [0.29, 0.717) is 6.42 Å². The lowest BCUT2D eigenvalue weighted by Gasteiger charge is -2.29. The fourth-order valence-corrected chi connectivity index (χ4v) is 4.57. The summed E-state index contributed by atoms with van der Waals surface area (Å²) in [5.74, 6) is -0.180. The van der Waals surface area contributed by atoms with Crippen LogP contribution in [0.1, 0.15) is 76.5 Å². The number of carbonyl (C=O) groups is 3. The molecule has 0 spiro atoms. The van der Waals surface area contributed by atoms with Crippen LogP contribution in [-0.2, 0) is 15.1 Å².